The minimum Gasteiger partial charge on any atom is -0.406 e. The summed E-state index contributed by atoms with van der Waals surface area (Å²) >= 11 is 0. The van der Waals surface area contributed by atoms with Crippen molar-refractivity contribution in [3.8, 4) is 5.75 Å². The predicted octanol–water partition coefficient (Wildman–Crippen LogP) is 5.13. The standard InChI is InChI=1S/C21H25F3N2O/c1-4-17(6-5-16(2)3)25-12-11-20(13-25)14-26(15-20)18-7-9-19(10-8-18)27-21(22,23)24/h4-10H,1,11-15H2,2-3H3/b17-6+. The minimum atomic E-state index is -4.66. The van der Waals surface area contributed by atoms with E-state index in [-0.39, 0.29) is 11.2 Å². The summed E-state index contributed by atoms with van der Waals surface area (Å²) in [6.07, 6.45) is 2.56. The van der Waals surface area contributed by atoms with Gasteiger partial charge in [-0.05, 0) is 56.7 Å². The summed E-state index contributed by atoms with van der Waals surface area (Å²) in [5.74, 6) is -0.187. The van der Waals surface area contributed by atoms with E-state index >= 15 is 0 Å². The van der Waals surface area contributed by atoms with Crippen LogP contribution in [0.15, 0.2) is 60.3 Å². The van der Waals surface area contributed by atoms with Gasteiger partial charge in [0.2, 0.25) is 0 Å². The van der Waals surface area contributed by atoms with Crippen molar-refractivity contribution in [1.82, 2.24) is 4.90 Å². The molecule has 1 spiro atoms. The lowest BCUT2D eigenvalue weighted by molar-refractivity contribution is -0.274. The third-order valence-electron chi connectivity index (χ3n) is 5.09. The molecule has 2 saturated heterocycles. The van der Waals surface area contributed by atoms with Crippen LogP contribution in [0.4, 0.5) is 18.9 Å². The molecular formula is C21H25F3N2O. The zero-order valence-corrected chi connectivity index (χ0v) is 15.7. The molecule has 0 unspecified atom stereocenters. The number of allylic oxidation sites excluding steroid dienone is 4. The van der Waals surface area contributed by atoms with Crippen LogP contribution in [0.2, 0.25) is 0 Å². The van der Waals surface area contributed by atoms with Gasteiger partial charge in [-0.2, -0.15) is 0 Å². The maximum atomic E-state index is 12.3. The largest absolute Gasteiger partial charge is 0.573 e. The van der Waals surface area contributed by atoms with Crippen LogP contribution in [-0.4, -0.2) is 37.4 Å². The Hall–Kier alpha value is -2.37. The van der Waals surface area contributed by atoms with Crippen LogP contribution < -0.4 is 9.64 Å². The lowest BCUT2D eigenvalue weighted by Gasteiger charge is -2.49. The van der Waals surface area contributed by atoms with Gasteiger partial charge < -0.3 is 14.5 Å². The SMILES string of the molecule is C=C/C(=C\C=C(C)C)N1CCC2(C1)CN(c1ccc(OC(F)(F)F)cc1)C2. The third kappa shape index (κ3) is 4.67. The number of nitrogens with zero attached hydrogens (tertiary/aromatic N) is 2. The topological polar surface area (TPSA) is 15.7 Å². The molecule has 3 nitrogen and oxygen atoms in total. The molecule has 2 aliphatic heterocycles. The van der Waals surface area contributed by atoms with Gasteiger partial charge in [0.15, 0.2) is 0 Å². The molecule has 0 aliphatic carbocycles. The van der Waals surface area contributed by atoms with Gasteiger partial charge in [0.1, 0.15) is 5.75 Å². The van der Waals surface area contributed by atoms with Crippen molar-refractivity contribution >= 4 is 5.69 Å². The maximum absolute atomic E-state index is 12.3. The van der Waals surface area contributed by atoms with Crippen LogP contribution in [0.25, 0.3) is 0 Å². The van der Waals surface area contributed by atoms with Crippen LogP contribution in [-0.2, 0) is 0 Å². The molecule has 0 atom stereocenters. The molecule has 27 heavy (non-hydrogen) atoms. The smallest absolute Gasteiger partial charge is 0.406 e. The van der Waals surface area contributed by atoms with Gasteiger partial charge >= 0.3 is 6.36 Å². The monoisotopic (exact) mass is 378 g/mol. The fraction of sp³-hybridized carbons (Fsp3) is 0.429. The average Bonchev–Trinajstić information content (AvgIpc) is 2.99. The number of ether oxygens (including phenoxy) is 1. The molecule has 0 aromatic heterocycles. The average molecular weight is 378 g/mol. The Morgan fingerprint density at radius 1 is 1.11 bits per heavy atom. The molecule has 3 rings (SSSR count). The fourth-order valence-corrected chi connectivity index (χ4v) is 3.77. The van der Waals surface area contributed by atoms with Crippen LogP contribution in [0, 0.1) is 5.41 Å². The molecule has 1 aromatic rings. The van der Waals surface area contributed by atoms with Crippen LogP contribution in [0.5, 0.6) is 5.75 Å². The van der Waals surface area contributed by atoms with Crippen molar-refractivity contribution in [2.75, 3.05) is 31.1 Å². The van der Waals surface area contributed by atoms with E-state index in [9.17, 15) is 13.2 Å². The van der Waals surface area contributed by atoms with Gasteiger partial charge in [-0.15, -0.1) is 13.2 Å². The first-order chi connectivity index (χ1) is 12.7. The van der Waals surface area contributed by atoms with Crippen LogP contribution in [0.1, 0.15) is 20.3 Å². The molecule has 0 bridgehead atoms. The number of likely N-dealkylation sites (tertiary alicyclic amines) is 1. The summed E-state index contributed by atoms with van der Waals surface area (Å²) < 4.78 is 40.7. The summed E-state index contributed by atoms with van der Waals surface area (Å²) in [5, 5.41) is 0. The lowest BCUT2D eigenvalue weighted by atomic mass is 9.78. The van der Waals surface area contributed by atoms with E-state index in [1.54, 1.807) is 12.1 Å². The van der Waals surface area contributed by atoms with Crippen molar-refractivity contribution < 1.29 is 17.9 Å². The zero-order chi connectivity index (χ0) is 19.7. The maximum Gasteiger partial charge on any atom is 0.573 e. The van der Waals surface area contributed by atoms with E-state index in [1.807, 2.05) is 6.08 Å². The molecular weight excluding hydrogens is 353 g/mol. The van der Waals surface area contributed by atoms with E-state index in [2.05, 4.69) is 47.1 Å². The van der Waals surface area contributed by atoms with E-state index < -0.39 is 6.36 Å². The Morgan fingerprint density at radius 3 is 2.33 bits per heavy atom. The van der Waals surface area contributed by atoms with Gasteiger partial charge in [-0.1, -0.05) is 18.2 Å². The van der Waals surface area contributed by atoms with Crippen molar-refractivity contribution in [3.63, 3.8) is 0 Å². The quantitative estimate of drug-likeness (QED) is 0.661. The van der Waals surface area contributed by atoms with Crippen molar-refractivity contribution in [3.05, 3.63) is 60.3 Å². The molecule has 2 fully saturated rings. The highest BCUT2D eigenvalue weighted by Crippen LogP contribution is 2.43. The predicted molar refractivity (Wildman–Crippen MR) is 102 cm³/mol. The van der Waals surface area contributed by atoms with Crippen LogP contribution >= 0.6 is 0 Å². The molecule has 6 heteroatoms. The highest BCUT2D eigenvalue weighted by atomic mass is 19.4. The third-order valence-corrected chi connectivity index (χ3v) is 5.09. The van der Waals surface area contributed by atoms with Crippen LogP contribution in [0.3, 0.4) is 0 Å². The molecule has 0 N–H and O–H groups in total. The zero-order valence-electron chi connectivity index (χ0n) is 15.7. The van der Waals surface area contributed by atoms with E-state index in [0.717, 1.165) is 44.0 Å². The molecule has 1 aromatic carbocycles. The minimum absolute atomic E-state index is 0.187. The fourth-order valence-electron chi connectivity index (χ4n) is 3.77. The second-order valence-electron chi connectivity index (χ2n) is 7.61. The Kier molecular flexibility index (Phi) is 5.27. The first-order valence-electron chi connectivity index (χ1n) is 9.03. The second-order valence-corrected chi connectivity index (χ2v) is 7.61. The summed E-state index contributed by atoms with van der Waals surface area (Å²) in [7, 11) is 0. The Labute approximate surface area is 158 Å². The number of hydrogen-bond acceptors (Lipinski definition) is 3. The first-order valence-corrected chi connectivity index (χ1v) is 9.03. The van der Waals surface area contributed by atoms with Gasteiger partial charge in [0.05, 0.1) is 0 Å². The van der Waals surface area contributed by atoms with Crippen molar-refractivity contribution in [2.24, 2.45) is 5.41 Å². The summed E-state index contributed by atoms with van der Waals surface area (Å²) in [6, 6.07) is 6.11. The highest BCUT2D eigenvalue weighted by molar-refractivity contribution is 5.52. The molecule has 0 amide bonds. The first kappa shape index (κ1) is 19.4. The van der Waals surface area contributed by atoms with Crippen molar-refractivity contribution in [2.45, 2.75) is 26.6 Å². The van der Waals surface area contributed by atoms with Crippen molar-refractivity contribution in [1.29, 1.82) is 0 Å². The number of anilines is 1. The highest BCUT2D eigenvalue weighted by Gasteiger charge is 2.47. The normalized spacial score (nSPS) is 19.1. The Morgan fingerprint density at radius 2 is 1.78 bits per heavy atom. The Balaban J connectivity index is 1.58. The van der Waals surface area contributed by atoms with Gasteiger partial charge in [0.25, 0.3) is 0 Å². The van der Waals surface area contributed by atoms with E-state index in [0.29, 0.717) is 0 Å². The molecule has 0 radical (unpaired) electrons. The van der Waals surface area contributed by atoms with E-state index in [1.165, 1.54) is 17.7 Å². The number of alkyl halides is 3. The molecule has 146 valence electrons. The molecule has 0 saturated carbocycles. The number of rotatable bonds is 5. The van der Waals surface area contributed by atoms with E-state index in [4.69, 9.17) is 0 Å². The summed E-state index contributed by atoms with van der Waals surface area (Å²) in [4.78, 5) is 4.57. The Bertz CT molecular complexity index is 740. The summed E-state index contributed by atoms with van der Waals surface area (Å²) in [5.41, 5.74) is 3.56. The lowest BCUT2D eigenvalue weighted by Crippen LogP contribution is -2.57. The number of hydrogen-bond donors (Lipinski definition) is 0. The molecule has 2 heterocycles. The number of benzene rings is 1. The van der Waals surface area contributed by atoms with Gasteiger partial charge in [-0.3, -0.25) is 0 Å². The molecule has 2 aliphatic rings. The number of halogens is 3. The van der Waals surface area contributed by atoms with Gasteiger partial charge in [-0.25, -0.2) is 0 Å². The second kappa shape index (κ2) is 7.33. The van der Waals surface area contributed by atoms with Gasteiger partial charge in [0, 0.05) is 43.0 Å². The summed E-state index contributed by atoms with van der Waals surface area (Å²) in [6.45, 7) is 11.9.